The molecule has 0 spiro atoms. The van der Waals surface area contributed by atoms with Crippen LogP contribution >= 0.6 is 0 Å². The van der Waals surface area contributed by atoms with E-state index in [4.69, 9.17) is 9.47 Å². The summed E-state index contributed by atoms with van der Waals surface area (Å²) in [6, 6.07) is 11.5. The van der Waals surface area contributed by atoms with E-state index in [0.717, 1.165) is 16.7 Å². The summed E-state index contributed by atoms with van der Waals surface area (Å²) in [5.41, 5.74) is 7.36. The summed E-state index contributed by atoms with van der Waals surface area (Å²) in [4.78, 5) is 12.2. The van der Waals surface area contributed by atoms with Gasteiger partial charge in [-0.05, 0) is 44.0 Å². The molecule has 5 heteroatoms. The van der Waals surface area contributed by atoms with Gasteiger partial charge in [0.05, 0.1) is 26.4 Å². The lowest BCUT2D eigenvalue weighted by atomic mass is 10.0. The van der Waals surface area contributed by atoms with Gasteiger partial charge in [0, 0.05) is 11.6 Å². The van der Waals surface area contributed by atoms with Crippen molar-refractivity contribution in [2.24, 2.45) is 5.10 Å². The molecule has 0 bridgehead atoms. The van der Waals surface area contributed by atoms with Crippen LogP contribution in [0.3, 0.4) is 0 Å². The first-order valence-electron chi connectivity index (χ1n) is 8.06. The van der Waals surface area contributed by atoms with E-state index in [9.17, 15) is 4.79 Å². The molecule has 5 nitrogen and oxygen atoms in total. The third-order valence-electron chi connectivity index (χ3n) is 4.00. The van der Waals surface area contributed by atoms with Gasteiger partial charge in [-0.2, -0.15) is 5.10 Å². The van der Waals surface area contributed by atoms with Crippen LogP contribution in [0.15, 0.2) is 41.5 Å². The van der Waals surface area contributed by atoms with Crippen molar-refractivity contribution >= 4 is 11.6 Å². The number of amides is 1. The van der Waals surface area contributed by atoms with E-state index in [2.05, 4.69) is 16.6 Å². The molecule has 25 heavy (non-hydrogen) atoms. The molecule has 0 aliphatic rings. The van der Waals surface area contributed by atoms with Gasteiger partial charge in [0.25, 0.3) is 0 Å². The Kier molecular flexibility index (Phi) is 6.17. The molecule has 0 aromatic heterocycles. The van der Waals surface area contributed by atoms with E-state index in [0.29, 0.717) is 23.6 Å². The highest BCUT2D eigenvalue weighted by atomic mass is 16.5. The fourth-order valence-electron chi connectivity index (χ4n) is 2.56. The highest BCUT2D eigenvalue weighted by molar-refractivity contribution is 6.01. The zero-order chi connectivity index (χ0) is 18.4. The average molecular weight is 340 g/mol. The van der Waals surface area contributed by atoms with Crippen molar-refractivity contribution in [3.63, 3.8) is 0 Å². The first-order valence-corrected chi connectivity index (χ1v) is 8.06. The number of carbonyl (C=O) groups is 1. The highest BCUT2D eigenvalue weighted by Crippen LogP contribution is 2.25. The molecule has 0 saturated heterocycles. The largest absolute Gasteiger partial charge is 0.497 e. The second kappa shape index (κ2) is 8.33. The number of benzene rings is 2. The quantitative estimate of drug-likeness (QED) is 0.647. The molecule has 2 aromatic carbocycles. The second-order valence-electron chi connectivity index (χ2n) is 5.91. The van der Waals surface area contributed by atoms with Gasteiger partial charge in [-0.1, -0.05) is 23.8 Å². The highest BCUT2D eigenvalue weighted by Gasteiger charge is 2.10. The Morgan fingerprint density at radius 1 is 1.08 bits per heavy atom. The van der Waals surface area contributed by atoms with Gasteiger partial charge >= 0.3 is 0 Å². The van der Waals surface area contributed by atoms with Crippen molar-refractivity contribution in [3.8, 4) is 11.5 Å². The van der Waals surface area contributed by atoms with Crippen molar-refractivity contribution < 1.29 is 14.3 Å². The maximum atomic E-state index is 12.2. The summed E-state index contributed by atoms with van der Waals surface area (Å²) in [5, 5.41) is 4.20. The zero-order valence-electron chi connectivity index (χ0n) is 15.3. The van der Waals surface area contributed by atoms with Gasteiger partial charge in [-0.3, -0.25) is 4.79 Å². The van der Waals surface area contributed by atoms with Gasteiger partial charge in [0.15, 0.2) is 0 Å². The minimum absolute atomic E-state index is 0.154. The smallest absolute Gasteiger partial charge is 0.244 e. The van der Waals surface area contributed by atoms with Crippen molar-refractivity contribution in [1.82, 2.24) is 5.43 Å². The number of hydrogen-bond donors (Lipinski definition) is 1. The molecule has 1 amide bonds. The van der Waals surface area contributed by atoms with Gasteiger partial charge in [0.1, 0.15) is 11.5 Å². The summed E-state index contributed by atoms with van der Waals surface area (Å²) in [6.45, 7) is 5.86. The van der Waals surface area contributed by atoms with Crippen LogP contribution in [0, 0.1) is 13.8 Å². The molecule has 2 rings (SSSR count). The second-order valence-corrected chi connectivity index (χ2v) is 5.91. The lowest BCUT2D eigenvalue weighted by Crippen LogP contribution is -2.21. The normalized spacial score (nSPS) is 11.2. The van der Waals surface area contributed by atoms with Crippen LogP contribution in [0.4, 0.5) is 0 Å². The van der Waals surface area contributed by atoms with Crippen LogP contribution in [-0.4, -0.2) is 25.8 Å². The number of methoxy groups -OCH3 is 2. The Hall–Kier alpha value is -2.82. The Balaban J connectivity index is 2.09. The molecule has 0 atom stereocenters. The van der Waals surface area contributed by atoms with Crippen molar-refractivity contribution in [3.05, 3.63) is 58.7 Å². The Morgan fingerprint density at radius 3 is 2.48 bits per heavy atom. The number of hydrazone groups is 1. The van der Waals surface area contributed by atoms with Crippen molar-refractivity contribution in [1.29, 1.82) is 0 Å². The molecule has 0 unspecified atom stereocenters. The summed E-state index contributed by atoms with van der Waals surface area (Å²) < 4.78 is 10.6. The molecule has 0 fully saturated rings. The molecule has 2 aromatic rings. The molecule has 0 aliphatic heterocycles. The predicted octanol–water partition coefficient (Wildman–Crippen LogP) is 3.40. The Morgan fingerprint density at radius 2 is 1.84 bits per heavy atom. The van der Waals surface area contributed by atoms with Crippen LogP contribution < -0.4 is 14.9 Å². The number of carbonyl (C=O) groups excluding carboxylic acids is 1. The molecule has 0 heterocycles. The molecule has 0 aliphatic carbocycles. The number of hydrogen-bond acceptors (Lipinski definition) is 4. The van der Waals surface area contributed by atoms with Crippen LogP contribution in [0.5, 0.6) is 11.5 Å². The summed E-state index contributed by atoms with van der Waals surface area (Å²) in [6.07, 6.45) is 0.294. The topological polar surface area (TPSA) is 59.9 Å². The summed E-state index contributed by atoms with van der Waals surface area (Å²) >= 11 is 0. The predicted molar refractivity (Wildman–Crippen MR) is 99.5 cm³/mol. The van der Waals surface area contributed by atoms with Crippen LogP contribution in [0.1, 0.15) is 29.2 Å². The number of nitrogens with one attached hydrogen (secondary N) is 1. The van der Waals surface area contributed by atoms with E-state index < -0.39 is 0 Å². The molecule has 1 N–H and O–H groups in total. The van der Waals surface area contributed by atoms with Gasteiger partial charge in [-0.15, -0.1) is 0 Å². The summed E-state index contributed by atoms with van der Waals surface area (Å²) in [7, 11) is 3.19. The molecule has 0 saturated carbocycles. The van der Waals surface area contributed by atoms with Gasteiger partial charge in [-0.25, -0.2) is 5.43 Å². The van der Waals surface area contributed by atoms with Crippen molar-refractivity contribution in [2.75, 3.05) is 14.2 Å². The first-order chi connectivity index (χ1) is 11.9. The van der Waals surface area contributed by atoms with Gasteiger partial charge in [0.2, 0.25) is 5.91 Å². The van der Waals surface area contributed by atoms with Crippen LogP contribution in [-0.2, 0) is 11.2 Å². The van der Waals surface area contributed by atoms with E-state index in [1.165, 1.54) is 5.56 Å². The average Bonchev–Trinajstić information content (AvgIpc) is 2.61. The maximum absolute atomic E-state index is 12.2. The molecule has 0 radical (unpaired) electrons. The zero-order valence-corrected chi connectivity index (χ0v) is 15.3. The van der Waals surface area contributed by atoms with Gasteiger partial charge < -0.3 is 9.47 Å². The number of rotatable bonds is 6. The molecular weight excluding hydrogens is 316 g/mol. The van der Waals surface area contributed by atoms with Crippen LogP contribution in [0.25, 0.3) is 0 Å². The number of aryl methyl sites for hydroxylation is 2. The van der Waals surface area contributed by atoms with Crippen molar-refractivity contribution in [2.45, 2.75) is 27.2 Å². The monoisotopic (exact) mass is 340 g/mol. The maximum Gasteiger partial charge on any atom is 0.244 e. The van der Waals surface area contributed by atoms with E-state index >= 15 is 0 Å². The fourth-order valence-corrected chi connectivity index (χ4v) is 2.56. The van der Waals surface area contributed by atoms with E-state index in [-0.39, 0.29) is 5.91 Å². The third kappa shape index (κ3) is 4.83. The minimum atomic E-state index is -0.154. The Bertz CT molecular complexity index is 798. The molecular formula is C20H24N2O3. The number of ether oxygens (including phenoxy) is 2. The first kappa shape index (κ1) is 18.5. The lowest BCUT2D eigenvalue weighted by Gasteiger charge is -2.10. The van der Waals surface area contributed by atoms with E-state index in [1.54, 1.807) is 20.3 Å². The standard InChI is InChI=1S/C20H24N2O3/c1-13-6-7-16(14(2)10-13)11-20(23)22-21-15(3)18-9-8-17(24-4)12-19(18)25-5/h6-10,12H,11H2,1-5H3,(H,22,23)/b21-15+. The Labute approximate surface area is 148 Å². The number of nitrogens with zero attached hydrogens (tertiary/aromatic N) is 1. The van der Waals surface area contributed by atoms with Crippen LogP contribution in [0.2, 0.25) is 0 Å². The SMILES string of the molecule is COc1ccc(/C(C)=N/NC(=O)Cc2ccc(C)cc2C)c(OC)c1. The van der Waals surface area contributed by atoms with E-state index in [1.807, 2.05) is 45.0 Å². The molecule has 132 valence electrons. The summed E-state index contributed by atoms with van der Waals surface area (Å²) in [5.74, 6) is 1.19. The lowest BCUT2D eigenvalue weighted by molar-refractivity contribution is -0.120. The fraction of sp³-hybridized carbons (Fsp3) is 0.300. The minimum Gasteiger partial charge on any atom is -0.497 e. The third-order valence-corrected chi connectivity index (χ3v) is 4.00.